The highest BCUT2D eigenvalue weighted by Gasteiger charge is 2.38. The maximum Gasteiger partial charge on any atom is 0.137 e. The molecule has 0 bridgehead atoms. The largest absolute Gasteiger partial charge is 0.457 e. The molecule has 0 amide bonds. The van der Waals surface area contributed by atoms with Gasteiger partial charge in [-0.3, -0.25) is 4.57 Å². The molecule has 1 aliphatic heterocycles. The van der Waals surface area contributed by atoms with Crippen molar-refractivity contribution >= 4 is 44.6 Å². The van der Waals surface area contributed by atoms with E-state index >= 15 is 0 Å². The fourth-order valence-corrected chi connectivity index (χ4v) is 12.1. The second kappa shape index (κ2) is 18.1. The SMILES string of the molecule is CC(C)(C)c1cc(-c2cc(C(C)(C)C)cc(-c3cccc(-c4ccccc4)c3)c2N2CN(c3cccc(Oc4cc5c6c7c(cccc7n(-c7cc(C(C)(C)C)ccn7)c6c4)C5(C)C)c3)c3ccccc32)cc(C(C)(C)C)c1. The third-order valence-corrected chi connectivity index (χ3v) is 16.7. The highest BCUT2D eigenvalue weighted by Crippen LogP contribution is 2.55. The van der Waals surface area contributed by atoms with Gasteiger partial charge >= 0.3 is 0 Å². The Morgan fingerprint density at radius 2 is 1.00 bits per heavy atom. The normalized spacial score (nSPS) is 14.3. The van der Waals surface area contributed by atoms with Gasteiger partial charge in [-0.25, -0.2) is 4.98 Å². The van der Waals surface area contributed by atoms with Crippen LogP contribution in [0.5, 0.6) is 11.5 Å². The zero-order chi connectivity index (χ0) is 54.8. The average Bonchev–Trinajstić information content (AvgIpc) is 3.61. The number of para-hydroxylation sites is 2. The molecule has 3 heterocycles. The fraction of sp³-hybridized carbons (Fsp3) is 0.274. The number of hydrogen-bond acceptors (Lipinski definition) is 4. The first-order chi connectivity index (χ1) is 36.9. The monoisotopic (exact) mass is 1020 g/mol. The van der Waals surface area contributed by atoms with Crippen LogP contribution >= 0.6 is 0 Å². The number of benzene rings is 8. The van der Waals surface area contributed by atoms with Gasteiger partial charge in [-0.15, -0.1) is 0 Å². The van der Waals surface area contributed by atoms with Crippen molar-refractivity contribution in [2.75, 3.05) is 16.5 Å². The van der Waals surface area contributed by atoms with Crippen LogP contribution in [0, 0.1) is 0 Å². The highest BCUT2D eigenvalue weighted by atomic mass is 16.5. The maximum atomic E-state index is 7.12. The summed E-state index contributed by atoms with van der Waals surface area (Å²) in [6.07, 6.45) is 1.96. The van der Waals surface area contributed by atoms with Gasteiger partial charge in [-0.05, 0) is 144 Å². The summed E-state index contributed by atoms with van der Waals surface area (Å²) in [6.45, 7) is 33.1. The van der Waals surface area contributed by atoms with E-state index < -0.39 is 0 Å². The topological polar surface area (TPSA) is 33.5 Å². The summed E-state index contributed by atoms with van der Waals surface area (Å²) in [4.78, 5) is 10.0. The van der Waals surface area contributed by atoms with Crippen molar-refractivity contribution in [3.8, 4) is 50.7 Å². The predicted molar refractivity (Wildman–Crippen MR) is 330 cm³/mol. The van der Waals surface area contributed by atoms with Crippen molar-refractivity contribution in [2.24, 2.45) is 0 Å². The highest BCUT2D eigenvalue weighted by molar-refractivity contribution is 6.16. The standard InChI is InChI=1S/C73H74N4O/c1-69(2,3)50-33-34-74-65(41-50)77-63-32-22-29-59-66(63)67-60(73(59,13)14)43-56(44-64(67)77)78-55-28-21-27-54(42-55)75-45-76(62-31-19-18-30-61(62)75)68-57(48-26-20-25-47(35-48)46-23-16-15-17-24-46)39-53(72(10,11)12)40-58(68)49-36-51(70(4,5)6)38-52(37-49)71(7,8)9/h15-44H,45H2,1-14H3. The lowest BCUT2D eigenvalue weighted by Gasteiger charge is -2.32. The molecule has 0 N–H and O–H groups in total. The molecule has 8 aromatic carbocycles. The second-order valence-corrected chi connectivity index (χ2v) is 26.7. The van der Waals surface area contributed by atoms with Crippen molar-refractivity contribution < 1.29 is 4.74 Å². The Morgan fingerprint density at radius 3 is 1.68 bits per heavy atom. The van der Waals surface area contributed by atoms with Gasteiger partial charge in [0.1, 0.15) is 24.0 Å². The van der Waals surface area contributed by atoms with Gasteiger partial charge in [-0.1, -0.05) is 194 Å². The lowest BCUT2D eigenvalue weighted by Crippen LogP contribution is -2.25. The van der Waals surface area contributed by atoms with Crippen LogP contribution in [-0.2, 0) is 27.1 Å². The molecule has 0 unspecified atom stereocenters. The zero-order valence-corrected chi connectivity index (χ0v) is 48.2. The molecule has 0 spiro atoms. The minimum atomic E-state index is -0.208. The molecule has 2 aromatic heterocycles. The number of rotatable bonds is 8. The minimum absolute atomic E-state index is 0.0256. The molecule has 0 fully saturated rings. The Balaban J connectivity index is 1.01. The average molecular weight is 1020 g/mol. The summed E-state index contributed by atoms with van der Waals surface area (Å²) >= 11 is 0. The summed E-state index contributed by atoms with van der Waals surface area (Å²) in [6, 6.07) is 65.5. The van der Waals surface area contributed by atoms with E-state index in [2.05, 4.69) is 287 Å². The van der Waals surface area contributed by atoms with Crippen molar-refractivity contribution in [3.63, 3.8) is 0 Å². The first-order valence-electron chi connectivity index (χ1n) is 28.0. The van der Waals surface area contributed by atoms with E-state index in [1.54, 1.807) is 0 Å². The third-order valence-electron chi connectivity index (χ3n) is 16.7. The first-order valence-corrected chi connectivity index (χ1v) is 28.0. The summed E-state index contributed by atoms with van der Waals surface area (Å²) in [5.74, 6) is 2.50. The molecule has 5 heteroatoms. The Morgan fingerprint density at radius 1 is 0.423 bits per heavy atom. The van der Waals surface area contributed by atoms with Crippen LogP contribution in [0.2, 0.25) is 0 Å². The van der Waals surface area contributed by atoms with E-state index in [4.69, 9.17) is 9.72 Å². The number of anilines is 4. The van der Waals surface area contributed by atoms with Crippen LogP contribution in [0.25, 0.3) is 61.0 Å². The van der Waals surface area contributed by atoms with E-state index in [-0.39, 0.29) is 27.1 Å². The first kappa shape index (κ1) is 50.9. The Kier molecular flexibility index (Phi) is 11.8. The number of aromatic nitrogens is 2. The predicted octanol–water partition coefficient (Wildman–Crippen LogP) is 20.0. The molecule has 0 radical (unpaired) electrons. The van der Waals surface area contributed by atoms with Crippen molar-refractivity contribution in [1.82, 2.24) is 9.55 Å². The van der Waals surface area contributed by atoms with Gasteiger partial charge < -0.3 is 14.5 Å². The Bertz CT molecular complexity index is 3960. The minimum Gasteiger partial charge on any atom is -0.457 e. The van der Waals surface area contributed by atoms with E-state index in [1.807, 2.05) is 6.20 Å². The molecule has 12 rings (SSSR count). The molecule has 0 saturated carbocycles. The Labute approximate surface area is 463 Å². The molecular formula is C73H74N4O. The van der Waals surface area contributed by atoms with E-state index in [0.29, 0.717) is 6.67 Å². The van der Waals surface area contributed by atoms with Crippen LogP contribution in [0.15, 0.2) is 182 Å². The van der Waals surface area contributed by atoms with Gasteiger partial charge in [0.15, 0.2) is 0 Å². The fourth-order valence-electron chi connectivity index (χ4n) is 12.1. The quantitative estimate of drug-likeness (QED) is 0.152. The lowest BCUT2D eigenvalue weighted by molar-refractivity contribution is 0.481. The molecule has 1 aliphatic carbocycles. The summed E-state index contributed by atoms with van der Waals surface area (Å²) in [7, 11) is 0. The molecule has 0 saturated heterocycles. The number of hydrogen-bond donors (Lipinski definition) is 0. The van der Waals surface area contributed by atoms with E-state index in [0.717, 1.165) is 39.9 Å². The number of nitrogens with zero attached hydrogens (tertiary/aromatic N) is 4. The van der Waals surface area contributed by atoms with Crippen LogP contribution in [0.1, 0.15) is 130 Å². The van der Waals surface area contributed by atoms with E-state index in [9.17, 15) is 0 Å². The number of pyridine rings is 1. The molecule has 10 aromatic rings. The zero-order valence-electron chi connectivity index (χ0n) is 48.2. The van der Waals surface area contributed by atoms with Gasteiger partial charge in [0.05, 0.1) is 28.1 Å². The van der Waals surface area contributed by atoms with Crippen LogP contribution < -0.4 is 14.5 Å². The van der Waals surface area contributed by atoms with Gasteiger partial charge in [0, 0.05) is 51.3 Å². The maximum absolute atomic E-state index is 7.12. The summed E-state index contributed by atoms with van der Waals surface area (Å²) in [5.41, 5.74) is 21.4. The Hall–Kier alpha value is -7.89. The van der Waals surface area contributed by atoms with Crippen LogP contribution in [0.3, 0.4) is 0 Å². The van der Waals surface area contributed by atoms with Crippen molar-refractivity contribution in [3.05, 3.63) is 216 Å². The number of ether oxygens (including phenoxy) is 1. The molecule has 0 atom stereocenters. The number of fused-ring (bicyclic) bond motifs is 1. The van der Waals surface area contributed by atoms with Crippen LogP contribution in [-0.4, -0.2) is 16.2 Å². The molecular weight excluding hydrogens is 949 g/mol. The van der Waals surface area contributed by atoms with Gasteiger partial charge in [0.2, 0.25) is 0 Å². The molecule has 5 nitrogen and oxygen atoms in total. The van der Waals surface area contributed by atoms with Crippen LogP contribution in [0.4, 0.5) is 22.7 Å². The van der Waals surface area contributed by atoms with Gasteiger partial charge in [-0.2, -0.15) is 0 Å². The van der Waals surface area contributed by atoms with Gasteiger partial charge in [0.25, 0.3) is 0 Å². The smallest absolute Gasteiger partial charge is 0.137 e. The third kappa shape index (κ3) is 8.76. The van der Waals surface area contributed by atoms with E-state index in [1.165, 1.54) is 88.7 Å². The lowest BCUT2D eigenvalue weighted by atomic mass is 9.77. The molecule has 392 valence electrons. The molecule has 2 aliphatic rings. The summed E-state index contributed by atoms with van der Waals surface area (Å²) in [5, 5.41) is 2.59. The summed E-state index contributed by atoms with van der Waals surface area (Å²) < 4.78 is 9.47. The van der Waals surface area contributed by atoms with Crippen molar-refractivity contribution in [2.45, 2.75) is 124 Å². The molecule has 78 heavy (non-hydrogen) atoms. The van der Waals surface area contributed by atoms with Crippen molar-refractivity contribution in [1.29, 1.82) is 0 Å². The second-order valence-electron chi connectivity index (χ2n) is 26.7.